The quantitative estimate of drug-likeness (QED) is 0.548. The van der Waals surface area contributed by atoms with Crippen molar-refractivity contribution in [3.05, 3.63) is 0 Å². The highest BCUT2D eigenvalue weighted by Crippen LogP contribution is 2.92. The molecule has 2 saturated carbocycles. The minimum Gasteiger partial charge on any atom is -0.0651 e. The molecule has 4 unspecified atom stereocenters. The summed E-state index contributed by atoms with van der Waals surface area (Å²) in [6, 6.07) is 0. The highest BCUT2D eigenvalue weighted by molar-refractivity contribution is 5.34. The lowest BCUT2D eigenvalue weighted by molar-refractivity contribution is -0.350. The van der Waals surface area contributed by atoms with Crippen LogP contribution in [0, 0.1) is 44.8 Å². The van der Waals surface area contributed by atoms with E-state index in [2.05, 4.69) is 76.2 Å². The van der Waals surface area contributed by atoms with Gasteiger partial charge in [0.25, 0.3) is 0 Å². The van der Waals surface area contributed by atoms with Gasteiger partial charge in [0, 0.05) is 0 Å². The Hall–Kier alpha value is 0. The Labute approximate surface area is 128 Å². The summed E-state index contributed by atoms with van der Waals surface area (Å²) in [6.07, 6.45) is 1.32. The highest BCUT2D eigenvalue weighted by Gasteiger charge is 2.87. The van der Waals surface area contributed by atoms with Crippen LogP contribution in [0.2, 0.25) is 0 Å². The highest BCUT2D eigenvalue weighted by atomic mass is 14.9. The van der Waals surface area contributed by atoms with Crippen LogP contribution in [0.5, 0.6) is 0 Å². The lowest BCUT2D eigenvalue weighted by Gasteiger charge is -2.82. The molecule has 0 amide bonds. The van der Waals surface area contributed by atoms with Gasteiger partial charge in [0.05, 0.1) is 0 Å². The summed E-state index contributed by atoms with van der Waals surface area (Å²) in [5.41, 5.74) is 2.11. The van der Waals surface area contributed by atoms with E-state index in [4.69, 9.17) is 0 Å². The molecule has 20 heavy (non-hydrogen) atoms. The second-order valence-corrected chi connectivity index (χ2v) is 9.92. The van der Waals surface area contributed by atoms with E-state index in [-0.39, 0.29) is 0 Å². The Morgan fingerprint density at radius 2 is 1.30 bits per heavy atom. The minimum absolute atomic E-state index is 0.395. The second kappa shape index (κ2) is 3.85. The van der Waals surface area contributed by atoms with E-state index in [1.165, 1.54) is 6.42 Å². The van der Waals surface area contributed by atoms with Gasteiger partial charge >= 0.3 is 0 Å². The molecule has 2 fully saturated rings. The van der Waals surface area contributed by atoms with Crippen molar-refractivity contribution < 1.29 is 0 Å². The minimum atomic E-state index is 0.395. The number of hydrogen-bond donors (Lipinski definition) is 0. The van der Waals surface area contributed by atoms with Crippen molar-refractivity contribution in [2.24, 2.45) is 44.8 Å². The summed E-state index contributed by atoms with van der Waals surface area (Å²) in [6.45, 7) is 27.9. The number of rotatable bonds is 2. The molecule has 0 aromatic rings. The average Bonchev–Trinajstić information content (AvgIpc) is 2.40. The maximum atomic E-state index is 2.63. The van der Waals surface area contributed by atoms with Crippen molar-refractivity contribution in [3.8, 4) is 0 Å². The van der Waals surface area contributed by atoms with Gasteiger partial charge in [-0.1, -0.05) is 82.6 Å². The largest absolute Gasteiger partial charge is 0.0651 e. The van der Waals surface area contributed by atoms with Crippen molar-refractivity contribution in [2.75, 3.05) is 0 Å². The fraction of sp³-hybridized carbons (Fsp3) is 1.00. The smallest absolute Gasteiger partial charge is 0.0125 e. The van der Waals surface area contributed by atoms with Gasteiger partial charge < -0.3 is 0 Å². The molecule has 0 N–H and O–H groups in total. The third-order valence-electron chi connectivity index (χ3n) is 9.56. The molecular formula is C20H38. The van der Waals surface area contributed by atoms with E-state index < -0.39 is 0 Å². The zero-order valence-corrected chi connectivity index (χ0v) is 15.9. The average molecular weight is 279 g/mol. The van der Waals surface area contributed by atoms with Gasteiger partial charge in [0.15, 0.2) is 0 Å². The Bertz CT molecular complexity index is 412. The topological polar surface area (TPSA) is 0 Å². The first kappa shape index (κ1) is 16.4. The van der Waals surface area contributed by atoms with Crippen molar-refractivity contribution in [2.45, 2.75) is 82.6 Å². The maximum absolute atomic E-state index is 2.63. The summed E-state index contributed by atoms with van der Waals surface area (Å²) < 4.78 is 0. The maximum Gasteiger partial charge on any atom is -0.0125 e. The third kappa shape index (κ3) is 1.09. The van der Waals surface area contributed by atoms with E-state index in [1.54, 1.807) is 0 Å². The standard InChI is InChI=1S/C20H38/c1-12-15-14(4)20(13(2)3)18(9,10)17(7,8)19(20,11)16(15,5)6/h13-15H,12H2,1-11H3. The van der Waals surface area contributed by atoms with Crippen LogP contribution in [-0.2, 0) is 0 Å². The van der Waals surface area contributed by atoms with E-state index in [0.29, 0.717) is 27.1 Å². The van der Waals surface area contributed by atoms with E-state index in [1.807, 2.05) is 0 Å². The molecule has 0 nitrogen and oxygen atoms in total. The molecule has 0 bridgehead atoms. The first-order valence-corrected chi connectivity index (χ1v) is 8.80. The SMILES string of the molecule is CCC1C(C)C2(C(C)C)C(C)(C)C(C)(C)C2(C)C1(C)C. The molecule has 4 atom stereocenters. The van der Waals surface area contributed by atoms with Crippen molar-refractivity contribution >= 4 is 0 Å². The first-order chi connectivity index (χ1) is 8.80. The van der Waals surface area contributed by atoms with Crippen LogP contribution in [0.4, 0.5) is 0 Å². The normalized spacial score (nSPS) is 48.0. The van der Waals surface area contributed by atoms with E-state index in [9.17, 15) is 0 Å². The zero-order chi connectivity index (χ0) is 15.9. The molecule has 0 aromatic heterocycles. The van der Waals surface area contributed by atoms with E-state index in [0.717, 1.165) is 17.8 Å². The summed E-state index contributed by atoms with van der Waals surface area (Å²) >= 11 is 0. The van der Waals surface area contributed by atoms with E-state index >= 15 is 0 Å². The predicted octanol–water partition coefficient (Wildman–Crippen LogP) is 6.40. The van der Waals surface area contributed by atoms with Crippen LogP contribution in [-0.4, -0.2) is 0 Å². The number of hydrogen-bond acceptors (Lipinski definition) is 0. The molecule has 0 spiro atoms. The lowest BCUT2D eigenvalue weighted by atomic mass is 9.22. The third-order valence-corrected chi connectivity index (χ3v) is 9.56. The van der Waals surface area contributed by atoms with Crippen LogP contribution in [0.1, 0.15) is 82.6 Å². The Morgan fingerprint density at radius 3 is 1.60 bits per heavy atom. The molecule has 118 valence electrons. The molecule has 0 heteroatoms. The van der Waals surface area contributed by atoms with Gasteiger partial charge in [-0.3, -0.25) is 0 Å². The molecule has 0 radical (unpaired) electrons. The van der Waals surface area contributed by atoms with Crippen LogP contribution in [0.15, 0.2) is 0 Å². The van der Waals surface area contributed by atoms with Crippen molar-refractivity contribution in [1.29, 1.82) is 0 Å². The van der Waals surface area contributed by atoms with Gasteiger partial charge in [0.2, 0.25) is 0 Å². The molecule has 0 aliphatic heterocycles. The number of fused-ring (bicyclic) bond motifs is 1. The lowest BCUT2D eigenvalue weighted by Crippen LogP contribution is -2.77. The Kier molecular flexibility index (Phi) is 3.15. The fourth-order valence-electron chi connectivity index (χ4n) is 8.59. The Balaban J connectivity index is 2.79. The molecule has 2 aliphatic carbocycles. The second-order valence-electron chi connectivity index (χ2n) is 9.92. The molecule has 2 aliphatic rings. The predicted molar refractivity (Wildman–Crippen MR) is 89.7 cm³/mol. The van der Waals surface area contributed by atoms with Crippen LogP contribution >= 0.6 is 0 Å². The van der Waals surface area contributed by atoms with Crippen molar-refractivity contribution in [3.63, 3.8) is 0 Å². The summed E-state index contributed by atoms with van der Waals surface area (Å²) in [5.74, 6) is 2.41. The van der Waals surface area contributed by atoms with Gasteiger partial charge in [-0.25, -0.2) is 0 Å². The van der Waals surface area contributed by atoms with Gasteiger partial charge in [0.1, 0.15) is 0 Å². The van der Waals surface area contributed by atoms with Crippen LogP contribution in [0.25, 0.3) is 0 Å². The van der Waals surface area contributed by atoms with Crippen molar-refractivity contribution in [1.82, 2.24) is 0 Å². The van der Waals surface area contributed by atoms with Gasteiger partial charge in [-0.15, -0.1) is 0 Å². The Morgan fingerprint density at radius 1 is 0.850 bits per heavy atom. The molecular weight excluding hydrogens is 240 g/mol. The van der Waals surface area contributed by atoms with Gasteiger partial charge in [-0.05, 0) is 44.8 Å². The molecule has 2 rings (SSSR count). The zero-order valence-electron chi connectivity index (χ0n) is 15.9. The van der Waals surface area contributed by atoms with Crippen LogP contribution in [0.3, 0.4) is 0 Å². The molecule has 0 heterocycles. The summed E-state index contributed by atoms with van der Waals surface area (Å²) in [5, 5.41) is 0. The summed E-state index contributed by atoms with van der Waals surface area (Å²) in [7, 11) is 0. The van der Waals surface area contributed by atoms with Crippen LogP contribution < -0.4 is 0 Å². The fourth-order valence-corrected chi connectivity index (χ4v) is 8.59. The molecule has 0 aromatic carbocycles. The summed E-state index contributed by atoms with van der Waals surface area (Å²) in [4.78, 5) is 0. The monoisotopic (exact) mass is 278 g/mol. The van der Waals surface area contributed by atoms with Gasteiger partial charge in [-0.2, -0.15) is 0 Å². The molecule has 0 saturated heterocycles. The first-order valence-electron chi connectivity index (χ1n) is 8.80.